The van der Waals surface area contributed by atoms with Crippen LogP contribution in [0.25, 0.3) is 0 Å². The summed E-state index contributed by atoms with van der Waals surface area (Å²) in [4.78, 5) is 20.8. The lowest BCUT2D eigenvalue weighted by Crippen LogP contribution is -2.38. The number of aryl methyl sites for hydroxylation is 1. The van der Waals surface area contributed by atoms with Gasteiger partial charge in [0.25, 0.3) is 0 Å². The number of carbonyl (C=O) groups excluding carboxylic acids is 1. The first kappa shape index (κ1) is 18.1. The van der Waals surface area contributed by atoms with E-state index in [-0.39, 0.29) is 11.7 Å². The molecule has 128 valence electrons. The Kier molecular flexibility index (Phi) is 6.04. The highest BCUT2D eigenvalue weighted by Gasteiger charge is 2.26. The summed E-state index contributed by atoms with van der Waals surface area (Å²) in [6, 6.07) is 9.59. The molecule has 4 nitrogen and oxygen atoms in total. The lowest BCUT2D eigenvalue weighted by molar-refractivity contribution is -0.135. The molecule has 0 radical (unpaired) electrons. The fourth-order valence-electron chi connectivity index (χ4n) is 2.59. The van der Waals surface area contributed by atoms with E-state index in [0.717, 1.165) is 17.7 Å². The molecule has 2 aromatic rings. The van der Waals surface area contributed by atoms with Crippen molar-refractivity contribution in [1.82, 2.24) is 14.8 Å². The number of hydrogen-bond donors (Lipinski definition) is 0. The first-order chi connectivity index (χ1) is 11.4. The molecular weight excluding hydrogens is 305 g/mol. The maximum Gasteiger partial charge on any atom is 0.244 e. The molecule has 0 unspecified atom stereocenters. The number of pyridine rings is 1. The predicted octanol–water partition coefficient (Wildman–Crippen LogP) is 3.04. The molecule has 0 N–H and O–H groups in total. The van der Waals surface area contributed by atoms with Crippen molar-refractivity contribution in [3.63, 3.8) is 0 Å². The maximum absolute atomic E-state index is 13.1. The van der Waals surface area contributed by atoms with Crippen LogP contribution in [-0.4, -0.2) is 41.8 Å². The molecule has 0 aliphatic heterocycles. The van der Waals surface area contributed by atoms with Crippen LogP contribution < -0.4 is 0 Å². The quantitative estimate of drug-likeness (QED) is 0.817. The van der Waals surface area contributed by atoms with E-state index in [1.165, 1.54) is 17.7 Å². The Morgan fingerprint density at radius 3 is 2.29 bits per heavy atom. The van der Waals surface area contributed by atoms with Gasteiger partial charge in [0.05, 0.1) is 12.2 Å². The molecule has 0 saturated carbocycles. The number of nitrogens with zero attached hydrogens (tertiary/aromatic N) is 3. The number of likely N-dealkylation sites (N-methyl/N-ethyl adjacent to an activating group) is 2. The lowest BCUT2D eigenvalue weighted by Gasteiger charge is -2.28. The fourth-order valence-corrected chi connectivity index (χ4v) is 2.59. The van der Waals surface area contributed by atoms with Crippen molar-refractivity contribution in [2.45, 2.75) is 25.9 Å². The second-order valence-electron chi connectivity index (χ2n) is 6.12. The van der Waals surface area contributed by atoms with Crippen LogP contribution in [0, 0.1) is 5.82 Å². The van der Waals surface area contributed by atoms with Crippen LogP contribution >= 0.6 is 0 Å². The van der Waals surface area contributed by atoms with Gasteiger partial charge in [-0.3, -0.25) is 14.7 Å². The third kappa shape index (κ3) is 4.38. The number of aromatic nitrogens is 1. The van der Waals surface area contributed by atoms with E-state index in [4.69, 9.17) is 0 Å². The van der Waals surface area contributed by atoms with Gasteiger partial charge in [-0.1, -0.05) is 25.1 Å². The second-order valence-corrected chi connectivity index (χ2v) is 6.12. The SMILES string of the molecule is CCc1ccc(CN(C)C(=O)[C@H](c2ccc(F)cc2)N(C)C)nc1. The Morgan fingerprint density at radius 2 is 1.79 bits per heavy atom. The van der Waals surface area contributed by atoms with Gasteiger partial charge in [-0.05, 0) is 49.8 Å². The topological polar surface area (TPSA) is 36.4 Å². The maximum atomic E-state index is 13.1. The van der Waals surface area contributed by atoms with Crippen LogP contribution in [0.5, 0.6) is 0 Å². The zero-order valence-electron chi connectivity index (χ0n) is 14.7. The van der Waals surface area contributed by atoms with Gasteiger partial charge in [0.15, 0.2) is 0 Å². The van der Waals surface area contributed by atoms with E-state index in [9.17, 15) is 9.18 Å². The summed E-state index contributed by atoms with van der Waals surface area (Å²) in [6.07, 6.45) is 2.78. The monoisotopic (exact) mass is 329 g/mol. The molecule has 2 rings (SSSR count). The van der Waals surface area contributed by atoms with E-state index in [1.54, 1.807) is 24.1 Å². The van der Waals surface area contributed by atoms with Gasteiger partial charge < -0.3 is 4.90 Å². The number of benzene rings is 1. The number of hydrogen-bond acceptors (Lipinski definition) is 3. The molecule has 5 heteroatoms. The molecule has 0 bridgehead atoms. The van der Waals surface area contributed by atoms with Crippen LogP contribution in [0.15, 0.2) is 42.6 Å². The third-order valence-electron chi connectivity index (χ3n) is 4.01. The highest BCUT2D eigenvalue weighted by molar-refractivity contribution is 5.83. The molecule has 1 aromatic carbocycles. The van der Waals surface area contributed by atoms with Gasteiger partial charge >= 0.3 is 0 Å². The molecule has 1 heterocycles. The Morgan fingerprint density at radius 1 is 1.12 bits per heavy atom. The highest BCUT2D eigenvalue weighted by Crippen LogP contribution is 2.21. The van der Waals surface area contributed by atoms with Gasteiger partial charge in [0.1, 0.15) is 11.9 Å². The molecule has 0 aliphatic carbocycles. The van der Waals surface area contributed by atoms with Crippen molar-refractivity contribution in [2.24, 2.45) is 0 Å². The third-order valence-corrected chi connectivity index (χ3v) is 4.01. The summed E-state index contributed by atoms with van der Waals surface area (Å²) in [5.41, 5.74) is 2.79. The van der Waals surface area contributed by atoms with Crippen molar-refractivity contribution in [3.05, 3.63) is 65.2 Å². The van der Waals surface area contributed by atoms with E-state index in [1.807, 2.05) is 37.3 Å². The van der Waals surface area contributed by atoms with E-state index < -0.39 is 6.04 Å². The van der Waals surface area contributed by atoms with Crippen molar-refractivity contribution in [1.29, 1.82) is 0 Å². The van der Waals surface area contributed by atoms with Gasteiger partial charge in [0, 0.05) is 13.2 Å². The minimum absolute atomic E-state index is 0.0482. The molecule has 24 heavy (non-hydrogen) atoms. The van der Waals surface area contributed by atoms with Crippen LogP contribution in [-0.2, 0) is 17.8 Å². The Balaban J connectivity index is 2.14. The lowest BCUT2D eigenvalue weighted by atomic mass is 10.0. The van der Waals surface area contributed by atoms with E-state index >= 15 is 0 Å². The van der Waals surface area contributed by atoms with Crippen molar-refractivity contribution in [2.75, 3.05) is 21.1 Å². The van der Waals surface area contributed by atoms with Crippen LogP contribution in [0.3, 0.4) is 0 Å². The van der Waals surface area contributed by atoms with Crippen molar-refractivity contribution < 1.29 is 9.18 Å². The predicted molar refractivity (Wildman–Crippen MR) is 92.9 cm³/mol. The summed E-state index contributed by atoms with van der Waals surface area (Å²) in [5, 5.41) is 0. The Labute approximate surface area is 142 Å². The molecule has 0 fully saturated rings. The molecular formula is C19H24FN3O. The molecule has 0 saturated heterocycles. The van der Waals surface area contributed by atoms with Gasteiger partial charge in [-0.2, -0.15) is 0 Å². The zero-order chi connectivity index (χ0) is 17.7. The van der Waals surface area contributed by atoms with Gasteiger partial charge in [-0.25, -0.2) is 4.39 Å². The molecule has 1 aromatic heterocycles. The van der Waals surface area contributed by atoms with Crippen molar-refractivity contribution >= 4 is 5.91 Å². The summed E-state index contributed by atoms with van der Waals surface area (Å²) in [5.74, 6) is -0.356. The minimum atomic E-state index is -0.453. The number of carbonyl (C=O) groups is 1. The Hall–Kier alpha value is -2.27. The number of halogens is 1. The van der Waals surface area contributed by atoms with E-state index in [2.05, 4.69) is 11.9 Å². The average molecular weight is 329 g/mol. The second kappa shape index (κ2) is 8.02. The standard InChI is InChI=1S/C19H24FN3O/c1-5-14-6-11-17(21-12-14)13-23(4)19(24)18(22(2)3)15-7-9-16(20)10-8-15/h6-12,18H,5,13H2,1-4H3/t18-/m0/s1. The average Bonchev–Trinajstić information content (AvgIpc) is 2.57. The van der Waals surface area contributed by atoms with E-state index in [0.29, 0.717) is 6.54 Å². The van der Waals surface area contributed by atoms with Crippen molar-refractivity contribution in [3.8, 4) is 0 Å². The van der Waals surface area contributed by atoms with Crippen LogP contribution in [0.4, 0.5) is 4.39 Å². The van der Waals surface area contributed by atoms with Gasteiger partial charge in [0.2, 0.25) is 5.91 Å². The minimum Gasteiger partial charge on any atom is -0.338 e. The molecule has 0 aliphatic rings. The first-order valence-electron chi connectivity index (χ1n) is 8.03. The molecule has 1 atom stereocenters. The number of amides is 1. The molecule has 0 spiro atoms. The zero-order valence-corrected chi connectivity index (χ0v) is 14.7. The highest BCUT2D eigenvalue weighted by atomic mass is 19.1. The summed E-state index contributed by atoms with van der Waals surface area (Å²) < 4.78 is 13.1. The Bertz CT molecular complexity index is 668. The largest absolute Gasteiger partial charge is 0.338 e. The van der Waals surface area contributed by atoms with Crippen LogP contribution in [0.1, 0.15) is 29.8 Å². The fraction of sp³-hybridized carbons (Fsp3) is 0.368. The normalized spacial score (nSPS) is 12.2. The first-order valence-corrected chi connectivity index (χ1v) is 8.03. The van der Waals surface area contributed by atoms with Crippen LogP contribution in [0.2, 0.25) is 0 Å². The summed E-state index contributed by atoms with van der Waals surface area (Å²) in [6.45, 7) is 2.52. The summed E-state index contributed by atoms with van der Waals surface area (Å²) in [7, 11) is 5.44. The smallest absolute Gasteiger partial charge is 0.244 e. The number of rotatable bonds is 6. The van der Waals surface area contributed by atoms with Gasteiger partial charge in [-0.15, -0.1) is 0 Å². The molecule has 1 amide bonds. The summed E-state index contributed by atoms with van der Waals surface area (Å²) >= 11 is 0.